The van der Waals surface area contributed by atoms with Gasteiger partial charge in [-0.15, -0.1) is 11.3 Å². The number of benzene rings is 1. The number of aryl methyl sites for hydroxylation is 2. The van der Waals surface area contributed by atoms with E-state index in [2.05, 4.69) is 122 Å². The number of aromatic nitrogens is 4. The van der Waals surface area contributed by atoms with E-state index in [1.54, 1.807) is 11.3 Å². The van der Waals surface area contributed by atoms with Gasteiger partial charge in [0, 0.05) is 43.7 Å². The average molecular weight is 569 g/mol. The maximum absolute atomic E-state index is 4.70. The molecule has 0 radical (unpaired) electrons. The molecule has 0 aliphatic heterocycles. The summed E-state index contributed by atoms with van der Waals surface area (Å²) in [6.07, 6.45) is 14.0. The highest BCUT2D eigenvalue weighted by molar-refractivity contribution is 7.14. The Bertz CT molecular complexity index is 1850. The average Bonchev–Trinajstić information content (AvgIpc) is 3.75. The highest BCUT2D eigenvalue weighted by Crippen LogP contribution is 2.37. The summed E-state index contributed by atoms with van der Waals surface area (Å²) in [5, 5.41) is 8.71. The van der Waals surface area contributed by atoms with Crippen LogP contribution in [-0.4, -0.2) is 20.2 Å². The molecule has 4 nitrogen and oxygen atoms in total. The quantitative estimate of drug-likeness (QED) is 0.156. The van der Waals surface area contributed by atoms with Crippen molar-refractivity contribution in [2.24, 2.45) is 0 Å². The number of hydrogen-bond acceptors (Lipinski definition) is 3. The Balaban J connectivity index is 1.48. The second kappa shape index (κ2) is 12.8. The minimum atomic E-state index is 0.682. The smallest absolute Gasteiger partial charge is 0.181 e. The maximum atomic E-state index is 4.70. The molecular formula is C37H36N4S. The van der Waals surface area contributed by atoms with Crippen molar-refractivity contribution in [3.05, 3.63) is 149 Å². The molecule has 1 aromatic carbocycles. The van der Waals surface area contributed by atoms with Crippen molar-refractivity contribution in [3.8, 4) is 11.4 Å². The number of H-pyrrole nitrogens is 2. The predicted octanol–water partition coefficient (Wildman–Crippen LogP) is 10.1. The maximum Gasteiger partial charge on any atom is 0.181 e. The van der Waals surface area contributed by atoms with Gasteiger partial charge in [-0.25, -0.2) is 4.98 Å². The van der Waals surface area contributed by atoms with E-state index in [9.17, 15) is 0 Å². The number of nitrogens with zero attached hydrogens (tertiary/aromatic N) is 2. The van der Waals surface area contributed by atoms with Crippen LogP contribution in [0, 0.1) is 6.92 Å². The van der Waals surface area contributed by atoms with Gasteiger partial charge in [-0.1, -0.05) is 80.4 Å². The van der Waals surface area contributed by atoms with Gasteiger partial charge >= 0.3 is 0 Å². The van der Waals surface area contributed by atoms with Gasteiger partial charge < -0.3 is 4.98 Å². The van der Waals surface area contributed by atoms with E-state index in [-0.39, 0.29) is 0 Å². The van der Waals surface area contributed by atoms with Crippen molar-refractivity contribution >= 4 is 39.1 Å². The van der Waals surface area contributed by atoms with E-state index < -0.39 is 0 Å². The summed E-state index contributed by atoms with van der Waals surface area (Å²) < 4.78 is 0. The lowest BCUT2D eigenvalue weighted by Gasteiger charge is -2.07. The molecule has 0 saturated carbocycles. The van der Waals surface area contributed by atoms with Crippen LogP contribution in [0.5, 0.6) is 0 Å². The van der Waals surface area contributed by atoms with Crippen LogP contribution in [0.25, 0.3) is 39.1 Å². The molecule has 0 atom stereocenters. The lowest BCUT2D eigenvalue weighted by atomic mass is 9.99. The van der Waals surface area contributed by atoms with Crippen molar-refractivity contribution in [2.45, 2.75) is 33.6 Å². The monoisotopic (exact) mass is 568 g/mol. The Labute approximate surface area is 252 Å². The van der Waals surface area contributed by atoms with Crippen molar-refractivity contribution in [1.29, 1.82) is 0 Å². The zero-order valence-electron chi connectivity index (χ0n) is 24.5. The summed E-state index contributed by atoms with van der Waals surface area (Å²) in [5.74, 6) is 0. The Kier molecular flexibility index (Phi) is 8.80. The van der Waals surface area contributed by atoms with Crippen molar-refractivity contribution in [2.75, 3.05) is 0 Å². The van der Waals surface area contributed by atoms with Crippen LogP contribution in [0.4, 0.5) is 0 Å². The van der Waals surface area contributed by atoms with Crippen LogP contribution in [0.15, 0.2) is 116 Å². The molecule has 2 N–H and O–H groups in total. The lowest BCUT2D eigenvalue weighted by Crippen LogP contribution is -1.90. The molecule has 0 aliphatic carbocycles. The molecule has 0 saturated heterocycles. The van der Waals surface area contributed by atoms with Crippen LogP contribution >= 0.6 is 11.3 Å². The summed E-state index contributed by atoms with van der Waals surface area (Å²) in [7, 11) is 0. The van der Waals surface area contributed by atoms with E-state index in [4.69, 9.17) is 4.98 Å². The summed E-state index contributed by atoms with van der Waals surface area (Å²) in [6, 6.07) is 19.2. The number of rotatable bonds is 11. The van der Waals surface area contributed by atoms with E-state index in [1.165, 1.54) is 20.9 Å². The fraction of sp³-hybridized carbons (Fsp3) is 0.135. The van der Waals surface area contributed by atoms with Gasteiger partial charge in [0.2, 0.25) is 0 Å². The molecule has 0 spiro atoms. The summed E-state index contributed by atoms with van der Waals surface area (Å²) >= 11 is 1.74. The van der Waals surface area contributed by atoms with E-state index >= 15 is 0 Å². The molecule has 42 heavy (non-hydrogen) atoms. The van der Waals surface area contributed by atoms with E-state index in [0.29, 0.717) is 5.65 Å². The normalized spacial score (nSPS) is 12.6. The molecule has 4 aromatic heterocycles. The van der Waals surface area contributed by atoms with Crippen LogP contribution < -0.4 is 0 Å². The van der Waals surface area contributed by atoms with Crippen molar-refractivity contribution in [1.82, 2.24) is 20.2 Å². The molecular weight excluding hydrogens is 533 g/mol. The van der Waals surface area contributed by atoms with Crippen LogP contribution in [-0.2, 0) is 6.42 Å². The Morgan fingerprint density at radius 2 is 1.83 bits per heavy atom. The summed E-state index contributed by atoms with van der Waals surface area (Å²) in [6.45, 7) is 18.3. The van der Waals surface area contributed by atoms with Gasteiger partial charge in [0.15, 0.2) is 5.65 Å². The van der Waals surface area contributed by atoms with Gasteiger partial charge in [-0.3, -0.25) is 5.10 Å². The van der Waals surface area contributed by atoms with Gasteiger partial charge in [0.25, 0.3) is 0 Å². The standard InChI is InChI=1S/C37H36N4S/c1-7-13-30(35-19-18-34(42-35)24(4)5)31-22-33(39-25(31)6)36-32-21-29(23-38-37(32)41-40-36)28(9-3)20-26(8-2)16-17-27-14-11-10-12-15-27/h7-15,18-23,39H,1-2,4,16-17H2,3,5-6H3,(H,38,40,41)/b26-20+,28-9+,30-13+. The van der Waals surface area contributed by atoms with E-state index in [0.717, 1.165) is 63.2 Å². The third-order valence-corrected chi connectivity index (χ3v) is 8.63. The zero-order valence-corrected chi connectivity index (χ0v) is 25.3. The highest BCUT2D eigenvalue weighted by Gasteiger charge is 2.18. The lowest BCUT2D eigenvalue weighted by molar-refractivity contribution is 0.966. The van der Waals surface area contributed by atoms with E-state index in [1.807, 2.05) is 25.3 Å². The number of allylic oxidation sites excluding steroid dienone is 8. The molecule has 0 aliphatic rings. The van der Waals surface area contributed by atoms with Gasteiger partial charge in [0.05, 0.1) is 11.4 Å². The summed E-state index contributed by atoms with van der Waals surface area (Å²) in [4.78, 5) is 10.6. The first-order valence-corrected chi connectivity index (χ1v) is 14.9. The minimum absolute atomic E-state index is 0.682. The third kappa shape index (κ3) is 6.12. The molecule has 0 fully saturated rings. The molecule has 5 rings (SSSR count). The predicted molar refractivity (Wildman–Crippen MR) is 181 cm³/mol. The number of aromatic amines is 2. The molecule has 0 amide bonds. The fourth-order valence-corrected chi connectivity index (χ4v) is 6.04. The number of fused-ring (bicyclic) bond motifs is 1. The van der Waals surface area contributed by atoms with Crippen LogP contribution in [0.2, 0.25) is 0 Å². The SMILES string of the molecule is C=C/C=C(/c1ccc(C(=C)C)s1)c1cc(-c2[nH]nc3ncc(C(/C=C(\C=C)CCc4ccccc4)=C/C)cc23)[nH]c1C. The number of nitrogens with one attached hydrogen (secondary N) is 2. The van der Waals surface area contributed by atoms with Crippen molar-refractivity contribution in [3.63, 3.8) is 0 Å². The largest absolute Gasteiger partial charge is 0.357 e. The molecule has 5 aromatic rings. The number of hydrogen-bond donors (Lipinski definition) is 2. The van der Waals surface area contributed by atoms with Crippen molar-refractivity contribution < 1.29 is 0 Å². The summed E-state index contributed by atoms with van der Waals surface area (Å²) in [5.41, 5.74) is 11.6. The Morgan fingerprint density at radius 1 is 1.05 bits per heavy atom. The minimum Gasteiger partial charge on any atom is -0.357 e. The first kappa shape index (κ1) is 28.8. The molecule has 5 heteroatoms. The Hall–Kier alpha value is -4.74. The number of pyridine rings is 1. The second-order valence-electron chi connectivity index (χ2n) is 10.3. The number of thiophene rings is 1. The highest BCUT2D eigenvalue weighted by atomic mass is 32.1. The molecule has 0 unspecified atom stereocenters. The first-order valence-electron chi connectivity index (χ1n) is 14.1. The van der Waals surface area contributed by atoms with Gasteiger partial charge in [0.1, 0.15) is 0 Å². The van der Waals surface area contributed by atoms with Gasteiger partial charge in [-0.05, 0) is 80.2 Å². The zero-order chi connectivity index (χ0) is 29.6. The third-order valence-electron chi connectivity index (χ3n) is 7.35. The topological polar surface area (TPSA) is 57.4 Å². The molecule has 4 heterocycles. The Morgan fingerprint density at radius 3 is 2.52 bits per heavy atom. The fourth-order valence-electron chi connectivity index (χ4n) is 5.07. The first-order chi connectivity index (χ1) is 20.4. The van der Waals surface area contributed by atoms with Crippen LogP contribution in [0.1, 0.15) is 52.4 Å². The molecule has 0 bridgehead atoms. The second-order valence-corrected chi connectivity index (χ2v) is 11.4. The molecule has 210 valence electrons. The van der Waals surface area contributed by atoms with Gasteiger partial charge in [-0.2, -0.15) is 5.10 Å². The van der Waals surface area contributed by atoms with Crippen LogP contribution in [0.3, 0.4) is 0 Å².